The Bertz CT molecular complexity index is 962. The molecular weight excluding hydrogens is 334 g/mol. The molecule has 3 aromatic rings. The van der Waals surface area contributed by atoms with Crippen LogP contribution < -0.4 is 14.2 Å². The number of carbonyl (C=O) groups is 1. The summed E-state index contributed by atoms with van der Waals surface area (Å²) in [6, 6.07) is 11.3. The van der Waals surface area contributed by atoms with Crippen LogP contribution in [0.1, 0.15) is 11.1 Å². The van der Waals surface area contributed by atoms with Crippen molar-refractivity contribution in [1.29, 1.82) is 0 Å². The van der Waals surface area contributed by atoms with Crippen LogP contribution in [0, 0.1) is 0 Å². The number of benzene rings is 2. The van der Waals surface area contributed by atoms with Crippen LogP contribution in [0.25, 0.3) is 11.0 Å². The summed E-state index contributed by atoms with van der Waals surface area (Å²) < 4.78 is 21.5. The Morgan fingerprint density at radius 1 is 1.15 bits per heavy atom. The highest BCUT2D eigenvalue weighted by atomic mass is 16.7. The zero-order valence-corrected chi connectivity index (χ0v) is 14.7. The predicted octanol–water partition coefficient (Wildman–Crippen LogP) is 3.37. The number of hydrogen-bond acceptors (Lipinski definition) is 5. The number of fused-ring (bicyclic) bond motifs is 2. The van der Waals surface area contributed by atoms with Crippen molar-refractivity contribution in [2.45, 2.75) is 13.0 Å². The second kappa shape index (κ2) is 6.63. The summed E-state index contributed by atoms with van der Waals surface area (Å²) in [5.41, 5.74) is 2.57. The van der Waals surface area contributed by atoms with Gasteiger partial charge in [0, 0.05) is 30.6 Å². The van der Waals surface area contributed by atoms with E-state index in [-0.39, 0.29) is 19.1 Å². The highest BCUT2D eigenvalue weighted by molar-refractivity contribution is 5.88. The third-order valence-corrected chi connectivity index (χ3v) is 4.49. The number of carbonyl (C=O) groups excluding carboxylic acids is 1. The van der Waals surface area contributed by atoms with Gasteiger partial charge < -0.3 is 23.5 Å². The van der Waals surface area contributed by atoms with Crippen LogP contribution in [0.4, 0.5) is 0 Å². The fourth-order valence-corrected chi connectivity index (χ4v) is 3.03. The lowest BCUT2D eigenvalue weighted by Crippen LogP contribution is -2.27. The van der Waals surface area contributed by atoms with Crippen LogP contribution in [0.2, 0.25) is 0 Å². The van der Waals surface area contributed by atoms with Gasteiger partial charge in [-0.3, -0.25) is 4.79 Å². The van der Waals surface area contributed by atoms with Crippen LogP contribution in [0.15, 0.2) is 47.1 Å². The summed E-state index contributed by atoms with van der Waals surface area (Å²) in [6.07, 6.45) is 1.91. The van der Waals surface area contributed by atoms with Gasteiger partial charge >= 0.3 is 0 Å². The summed E-state index contributed by atoms with van der Waals surface area (Å²) in [5.74, 6) is 2.20. The zero-order valence-electron chi connectivity index (χ0n) is 14.7. The Morgan fingerprint density at radius 3 is 2.85 bits per heavy atom. The molecule has 0 unspecified atom stereocenters. The fourth-order valence-electron chi connectivity index (χ4n) is 3.03. The molecule has 6 heteroatoms. The molecule has 0 saturated carbocycles. The van der Waals surface area contributed by atoms with Crippen molar-refractivity contribution >= 4 is 16.9 Å². The lowest BCUT2D eigenvalue weighted by atomic mass is 10.1. The average molecular weight is 353 g/mol. The Morgan fingerprint density at radius 2 is 2.00 bits per heavy atom. The molecule has 6 nitrogen and oxygen atoms in total. The van der Waals surface area contributed by atoms with Crippen LogP contribution in [0.5, 0.6) is 17.2 Å². The summed E-state index contributed by atoms with van der Waals surface area (Å²) in [5, 5.41) is 0.927. The highest BCUT2D eigenvalue weighted by Gasteiger charge is 2.17. The molecule has 0 saturated heterocycles. The molecule has 2 aromatic carbocycles. The minimum Gasteiger partial charge on any atom is -0.497 e. The summed E-state index contributed by atoms with van der Waals surface area (Å²) in [7, 11) is 3.40. The Labute approximate surface area is 150 Å². The first-order chi connectivity index (χ1) is 12.6. The molecule has 0 N–H and O–H groups in total. The highest BCUT2D eigenvalue weighted by Crippen LogP contribution is 2.33. The molecule has 4 rings (SSSR count). The van der Waals surface area contributed by atoms with Crippen molar-refractivity contribution in [2.24, 2.45) is 0 Å². The van der Waals surface area contributed by atoms with Crippen molar-refractivity contribution in [3.05, 3.63) is 53.8 Å². The number of methoxy groups -OCH3 is 1. The third kappa shape index (κ3) is 3.06. The first-order valence-corrected chi connectivity index (χ1v) is 8.30. The quantitative estimate of drug-likeness (QED) is 0.704. The van der Waals surface area contributed by atoms with Crippen LogP contribution in [-0.4, -0.2) is 31.8 Å². The van der Waals surface area contributed by atoms with E-state index in [1.807, 2.05) is 36.4 Å². The number of furan rings is 1. The molecule has 2 heterocycles. The minimum atomic E-state index is 0.0150. The first-order valence-electron chi connectivity index (χ1n) is 8.30. The Hall–Kier alpha value is -3.15. The second-order valence-electron chi connectivity index (χ2n) is 6.24. The zero-order chi connectivity index (χ0) is 18.1. The van der Waals surface area contributed by atoms with Crippen LogP contribution >= 0.6 is 0 Å². The molecule has 134 valence electrons. The summed E-state index contributed by atoms with van der Waals surface area (Å²) in [4.78, 5) is 14.3. The molecule has 0 spiro atoms. The van der Waals surface area contributed by atoms with Gasteiger partial charge in [0.1, 0.15) is 11.3 Å². The van der Waals surface area contributed by atoms with E-state index in [0.717, 1.165) is 33.8 Å². The standard InChI is InChI=1S/C20H19NO5/c1-21(10-13-3-6-17-19(7-13)26-12-25-17)20(22)8-14-11-24-18-9-15(23-2)4-5-16(14)18/h3-7,9,11H,8,10,12H2,1-2H3. The van der Waals surface area contributed by atoms with Crippen molar-refractivity contribution in [2.75, 3.05) is 21.0 Å². The number of ether oxygens (including phenoxy) is 3. The smallest absolute Gasteiger partial charge is 0.231 e. The van der Waals surface area contributed by atoms with Gasteiger partial charge in [-0.05, 0) is 29.8 Å². The maximum Gasteiger partial charge on any atom is 0.231 e. The second-order valence-corrected chi connectivity index (χ2v) is 6.24. The van der Waals surface area contributed by atoms with Crippen molar-refractivity contribution < 1.29 is 23.4 Å². The molecule has 0 fully saturated rings. The topological polar surface area (TPSA) is 61.1 Å². The number of rotatable bonds is 5. The van der Waals surface area contributed by atoms with Gasteiger partial charge in [-0.25, -0.2) is 0 Å². The van der Waals surface area contributed by atoms with Gasteiger partial charge in [-0.15, -0.1) is 0 Å². The van der Waals surface area contributed by atoms with Gasteiger partial charge in [0.2, 0.25) is 12.7 Å². The minimum absolute atomic E-state index is 0.0150. The van der Waals surface area contributed by atoms with E-state index in [9.17, 15) is 4.79 Å². The number of hydrogen-bond donors (Lipinski definition) is 0. The average Bonchev–Trinajstić information content (AvgIpc) is 3.27. The molecule has 1 aliphatic rings. The lowest BCUT2D eigenvalue weighted by molar-refractivity contribution is -0.129. The van der Waals surface area contributed by atoms with Gasteiger partial charge in [-0.1, -0.05) is 6.07 Å². The maximum atomic E-state index is 12.6. The van der Waals surface area contributed by atoms with Gasteiger partial charge in [0.05, 0.1) is 19.8 Å². The van der Waals surface area contributed by atoms with Crippen molar-refractivity contribution in [3.8, 4) is 17.2 Å². The van der Waals surface area contributed by atoms with E-state index < -0.39 is 0 Å². The molecule has 26 heavy (non-hydrogen) atoms. The van der Waals surface area contributed by atoms with E-state index in [1.54, 1.807) is 25.3 Å². The van der Waals surface area contributed by atoms with Crippen molar-refractivity contribution in [1.82, 2.24) is 4.90 Å². The monoisotopic (exact) mass is 353 g/mol. The SMILES string of the molecule is COc1ccc2c(CC(=O)N(C)Cc3ccc4c(c3)OCO4)coc2c1. The Kier molecular flexibility index (Phi) is 4.16. The van der Waals surface area contributed by atoms with Gasteiger partial charge in [-0.2, -0.15) is 0 Å². The third-order valence-electron chi connectivity index (χ3n) is 4.49. The molecule has 1 aromatic heterocycles. The van der Waals surface area contributed by atoms with E-state index in [2.05, 4.69) is 0 Å². The van der Waals surface area contributed by atoms with E-state index in [0.29, 0.717) is 12.1 Å². The molecule has 1 amide bonds. The van der Waals surface area contributed by atoms with Gasteiger partial charge in [0.15, 0.2) is 11.5 Å². The number of amides is 1. The largest absolute Gasteiger partial charge is 0.497 e. The van der Waals surface area contributed by atoms with Crippen molar-refractivity contribution in [3.63, 3.8) is 0 Å². The normalized spacial score (nSPS) is 12.4. The maximum absolute atomic E-state index is 12.6. The summed E-state index contributed by atoms with van der Waals surface area (Å²) >= 11 is 0. The number of likely N-dealkylation sites (N-methyl/N-ethyl adjacent to an activating group) is 1. The molecular formula is C20H19NO5. The van der Waals surface area contributed by atoms with Gasteiger partial charge in [0.25, 0.3) is 0 Å². The van der Waals surface area contributed by atoms with Crippen LogP contribution in [0.3, 0.4) is 0 Å². The predicted molar refractivity (Wildman–Crippen MR) is 95.5 cm³/mol. The Balaban J connectivity index is 1.46. The molecule has 0 radical (unpaired) electrons. The fraction of sp³-hybridized carbons (Fsp3) is 0.250. The molecule has 0 atom stereocenters. The van der Waals surface area contributed by atoms with E-state index in [4.69, 9.17) is 18.6 Å². The molecule has 1 aliphatic heterocycles. The molecule has 0 aliphatic carbocycles. The van der Waals surface area contributed by atoms with E-state index in [1.165, 1.54) is 0 Å². The lowest BCUT2D eigenvalue weighted by Gasteiger charge is -2.17. The number of nitrogens with zero attached hydrogens (tertiary/aromatic N) is 1. The van der Waals surface area contributed by atoms with E-state index >= 15 is 0 Å². The summed E-state index contributed by atoms with van der Waals surface area (Å²) in [6.45, 7) is 0.741. The first kappa shape index (κ1) is 16.3. The molecule has 0 bridgehead atoms. The van der Waals surface area contributed by atoms with Crippen LogP contribution in [-0.2, 0) is 17.8 Å².